The Morgan fingerprint density at radius 3 is 1.34 bits per heavy atom. The van der Waals surface area contributed by atoms with Crippen molar-refractivity contribution in [2.45, 2.75) is 103 Å². The second-order valence-electron chi connectivity index (χ2n) is 10.0. The van der Waals surface area contributed by atoms with Gasteiger partial charge in [0.15, 0.2) is 21.6 Å². The highest BCUT2D eigenvalue weighted by molar-refractivity contribution is 7.80. The third kappa shape index (κ3) is 10.4. The minimum absolute atomic E-state index is 0.188. The molecule has 0 spiro atoms. The third-order valence-corrected chi connectivity index (χ3v) is 7.51. The molecule has 0 saturated heterocycles. The molecule has 2 rings (SSSR count). The predicted octanol–water partition coefficient (Wildman–Crippen LogP) is 4.28. The maximum absolute atomic E-state index is 11.7. The number of hydrogen-bond donors (Lipinski definition) is 6. The van der Waals surface area contributed by atoms with E-state index in [1.807, 2.05) is 13.8 Å². The maximum Gasteiger partial charge on any atom is 0.425 e. The van der Waals surface area contributed by atoms with Gasteiger partial charge in [-0.1, -0.05) is 38.5 Å². The van der Waals surface area contributed by atoms with Crippen LogP contribution in [0, 0.1) is 11.8 Å². The van der Waals surface area contributed by atoms with Crippen LogP contribution < -0.4 is 32.3 Å². The third-order valence-electron chi connectivity index (χ3n) is 7.11. The topological polar surface area (TPSA) is 150 Å². The van der Waals surface area contributed by atoms with Crippen molar-refractivity contribution >= 4 is 46.8 Å². The van der Waals surface area contributed by atoms with E-state index in [-0.39, 0.29) is 35.3 Å². The number of amides is 2. The molecule has 2 unspecified atom stereocenters. The number of nitrogens with one attached hydrogen (secondary N) is 6. The molecule has 0 aromatic carbocycles. The number of hydrogen-bond acceptors (Lipinski definition) is 8. The summed E-state index contributed by atoms with van der Waals surface area (Å²) < 4.78 is 9.76. The Morgan fingerprint density at radius 1 is 0.684 bits per heavy atom. The van der Waals surface area contributed by atoms with Crippen LogP contribution in [-0.2, 0) is 9.47 Å². The molecule has 0 bridgehead atoms. The zero-order valence-electron chi connectivity index (χ0n) is 23.0. The maximum atomic E-state index is 11.7. The number of carbonyl (C=O) groups excluding carboxylic acids is 2. The monoisotopic (exact) mass is 572 g/mol. The lowest BCUT2D eigenvalue weighted by Gasteiger charge is -2.40. The molecule has 0 heterocycles. The summed E-state index contributed by atoms with van der Waals surface area (Å²) in [7, 11) is 0. The minimum Gasteiger partial charge on any atom is -0.449 e. The van der Waals surface area contributed by atoms with E-state index in [1.165, 1.54) is 12.8 Å². The van der Waals surface area contributed by atoms with Gasteiger partial charge in [0.25, 0.3) is 0 Å². The van der Waals surface area contributed by atoms with Crippen LogP contribution in [-0.4, -0.2) is 47.0 Å². The highest BCUT2D eigenvalue weighted by Gasteiger charge is 2.40. The summed E-state index contributed by atoms with van der Waals surface area (Å²) in [5, 5.41) is 16.8. The molecule has 0 aromatic rings. The van der Waals surface area contributed by atoms with Crippen molar-refractivity contribution in [1.29, 1.82) is 0 Å². The molecule has 6 N–H and O–H groups in total. The summed E-state index contributed by atoms with van der Waals surface area (Å²) in [5.74, 6) is 0.377. The Hall–Kier alpha value is -2.48. The van der Waals surface area contributed by atoms with Crippen molar-refractivity contribution in [1.82, 2.24) is 32.3 Å². The lowest BCUT2D eigenvalue weighted by atomic mass is 9.80. The molecule has 216 valence electrons. The number of azo groups is 1. The van der Waals surface area contributed by atoms with Crippen molar-refractivity contribution in [3.8, 4) is 0 Å². The van der Waals surface area contributed by atoms with Crippen LogP contribution in [0.2, 0.25) is 0 Å². The van der Waals surface area contributed by atoms with Crippen molar-refractivity contribution in [3.63, 3.8) is 0 Å². The van der Waals surface area contributed by atoms with Gasteiger partial charge < -0.3 is 20.1 Å². The van der Waals surface area contributed by atoms with Gasteiger partial charge in [0, 0.05) is 11.8 Å². The van der Waals surface area contributed by atoms with E-state index in [2.05, 4.69) is 32.3 Å². The Kier molecular flexibility index (Phi) is 13.2. The van der Waals surface area contributed by atoms with E-state index in [0.29, 0.717) is 0 Å². The van der Waals surface area contributed by atoms with Gasteiger partial charge >= 0.3 is 12.2 Å². The fourth-order valence-corrected chi connectivity index (χ4v) is 5.54. The molecule has 2 amide bonds. The molecule has 0 radical (unpaired) electrons. The van der Waals surface area contributed by atoms with Gasteiger partial charge in [-0.15, -0.1) is 0 Å². The van der Waals surface area contributed by atoms with Gasteiger partial charge in [-0.05, 0) is 77.8 Å². The minimum atomic E-state index is -0.823. The lowest BCUT2D eigenvalue weighted by Crippen LogP contribution is -2.58. The molecule has 0 aliphatic heterocycles. The molecule has 0 aromatic heterocycles. The molecule has 12 nitrogen and oxygen atoms in total. The van der Waals surface area contributed by atoms with Crippen LogP contribution in [0.5, 0.6) is 0 Å². The number of rotatable bonds is 8. The Morgan fingerprint density at radius 2 is 1.03 bits per heavy atom. The summed E-state index contributed by atoms with van der Waals surface area (Å²) in [6.07, 6.45) is 9.45. The van der Waals surface area contributed by atoms with Crippen molar-refractivity contribution in [2.24, 2.45) is 22.1 Å². The van der Waals surface area contributed by atoms with Crippen LogP contribution in [0.4, 0.5) is 9.59 Å². The van der Waals surface area contributed by atoms with Crippen LogP contribution in [0.3, 0.4) is 0 Å². The fraction of sp³-hybridized carbons (Fsp3) is 0.833. The number of carbonyl (C=O) groups is 2. The van der Waals surface area contributed by atoms with Crippen molar-refractivity contribution in [2.75, 3.05) is 13.2 Å². The summed E-state index contributed by atoms with van der Waals surface area (Å²) in [6, 6.07) is 0. The first-order valence-corrected chi connectivity index (χ1v) is 14.4. The Balaban J connectivity index is 2.23. The molecule has 2 fully saturated rings. The Bertz CT molecular complexity index is 770. The van der Waals surface area contributed by atoms with E-state index >= 15 is 0 Å². The zero-order chi connectivity index (χ0) is 28.0. The largest absolute Gasteiger partial charge is 0.449 e. The molecule has 2 saturated carbocycles. The van der Waals surface area contributed by atoms with Crippen LogP contribution in [0.25, 0.3) is 0 Å². The highest BCUT2D eigenvalue weighted by Crippen LogP contribution is 2.37. The van der Waals surface area contributed by atoms with E-state index in [4.69, 9.17) is 44.1 Å². The molecule has 38 heavy (non-hydrogen) atoms. The average Bonchev–Trinajstić information content (AvgIpc) is 2.91. The first-order valence-electron chi connectivity index (χ1n) is 13.6. The van der Waals surface area contributed by atoms with E-state index in [1.54, 1.807) is 13.8 Å². The van der Waals surface area contributed by atoms with Crippen LogP contribution in [0.1, 0.15) is 91.9 Å². The zero-order valence-corrected chi connectivity index (χ0v) is 24.6. The highest BCUT2D eigenvalue weighted by atomic mass is 32.1. The van der Waals surface area contributed by atoms with Gasteiger partial charge in [-0.2, -0.15) is 10.2 Å². The summed E-state index contributed by atoms with van der Waals surface area (Å²) in [6.45, 7) is 7.90. The Labute approximate surface area is 236 Å². The summed E-state index contributed by atoms with van der Waals surface area (Å²) in [4.78, 5) is 23.4. The van der Waals surface area contributed by atoms with Gasteiger partial charge in [0.1, 0.15) is 0 Å². The molecular formula is C24H44N8O4S2. The first kappa shape index (κ1) is 31.7. The normalized spacial score (nSPS) is 19.8. The standard InChI is InChI=1S/C24H44N8O4S2/c1-5-35-21(33)29-27-19(37)25-23(3,17-13-9-7-10-14-17)31-32-24(4,18-15-11-8-12-16-18)26-20(38)28-30-22(34)36-6-2/h17-18H,5-16H2,1-4H3,(H,29,33)(H,30,34)(H2,25,27,37)(H2,26,28,38). The van der Waals surface area contributed by atoms with Crippen LogP contribution in [0.15, 0.2) is 10.2 Å². The van der Waals surface area contributed by atoms with Gasteiger partial charge in [-0.3, -0.25) is 10.9 Å². The van der Waals surface area contributed by atoms with Crippen molar-refractivity contribution in [3.05, 3.63) is 0 Å². The van der Waals surface area contributed by atoms with Crippen LogP contribution >= 0.6 is 24.4 Å². The van der Waals surface area contributed by atoms with Crippen molar-refractivity contribution < 1.29 is 19.1 Å². The number of thiocarbonyl (C=S) groups is 2. The molecule has 14 heteroatoms. The molecule has 2 aliphatic rings. The SMILES string of the molecule is CCOC(=O)NNC(=S)NC(C)(N=NC(C)(NC(=S)NNC(=O)OCC)C1CCCCC1)C1CCCCC1. The smallest absolute Gasteiger partial charge is 0.425 e. The molecule has 2 atom stereocenters. The molecule has 2 aliphatic carbocycles. The second kappa shape index (κ2) is 15.8. The van der Waals surface area contributed by atoms with Gasteiger partial charge in [0.05, 0.1) is 13.2 Å². The summed E-state index contributed by atoms with van der Waals surface area (Å²) >= 11 is 10.9. The van der Waals surface area contributed by atoms with Gasteiger partial charge in [-0.25, -0.2) is 20.4 Å². The quantitative estimate of drug-likeness (QED) is 0.141. The van der Waals surface area contributed by atoms with E-state index in [0.717, 1.165) is 51.4 Å². The number of ether oxygens (including phenoxy) is 2. The number of nitrogens with zero attached hydrogens (tertiary/aromatic N) is 2. The molecular weight excluding hydrogens is 528 g/mol. The first-order chi connectivity index (χ1) is 18.1. The predicted molar refractivity (Wildman–Crippen MR) is 153 cm³/mol. The lowest BCUT2D eigenvalue weighted by molar-refractivity contribution is 0.147. The fourth-order valence-electron chi connectivity index (χ4n) is 5.03. The number of hydrazine groups is 2. The summed E-state index contributed by atoms with van der Waals surface area (Å²) in [5.41, 5.74) is 8.57. The average molecular weight is 573 g/mol. The second-order valence-corrected chi connectivity index (χ2v) is 10.8. The van der Waals surface area contributed by atoms with E-state index < -0.39 is 23.5 Å². The van der Waals surface area contributed by atoms with E-state index in [9.17, 15) is 9.59 Å². The van der Waals surface area contributed by atoms with Gasteiger partial charge in [0.2, 0.25) is 0 Å².